The molecule has 0 aromatic carbocycles. The molecule has 0 saturated carbocycles. The summed E-state index contributed by atoms with van der Waals surface area (Å²) in [6, 6.07) is 2.26. The molecule has 0 bridgehead atoms. The van der Waals surface area contributed by atoms with Crippen LogP contribution in [0.2, 0.25) is 0 Å². The predicted molar refractivity (Wildman–Crippen MR) is 59.5 cm³/mol. The van der Waals surface area contributed by atoms with Crippen molar-refractivity contribution >= 4 is 11.3 Å². The Hall–Kier alpha value is -0.960. The predicted octanol–water partition coefficient (Wildman–Crippen LogP) is 1.00. The minimum Gasteiger partial charge on any atom is -0.315 e. The van der Waals surface area contributed by atoms with E-state index in [4.69, 9.17) is 0 Å². The zero-order valence-corrected chi connectivity index (χ0v) is 9.33. The number of nitrogens with one attached hydrogen (secondary N) is 1. The molecule has 2 rings (SSSR count). The molecule has 2 heterocycles. The van der Waals surface area contributed by atoms with Gasteiger partial charge in [-0.25, -0.2) is 0 Å². The third-order valence-electron chi connectivity index (χ3n) is 2.58. The van der Waals surface area contributed by atoms with E-state index in [-0.39, 0.29) is 6.04 Å². The first-order valence-corrected chi connectivity index (χ1v) is 6.02. The van der Waals surface area contributed by atoms with Crippen molar-refractivity contribution in [3.63, 3.8) is 0 Å². The number of rotatable bonds is 2. The summed E-state index contributed by atoms with van der Waals surface area (Å²) in [5, 5.41) is 12.5. The number of thiazole rings is 1. The van der Waals surface area contributed by atoms with Crippen molar-refractivity contribution in [1.82, 2.24) is 15.2 Å². The van der Waals surface area contributed by atoms with E-state index in [1.807, 2.05) is 0 Å². The van der Waals surface area contributed by atoms with Crippen molar-refractivity contribution in [2.24, 2.45) is 0 Å². The molecular weight excluding hydrogens is 208 g/mol. The third kappa shape index (κ3) is 2.53. The zero-order chi connectivity index (χ0) is 10.5. The summed E-state index contributed by atoms with van der Waals surface area (Å²) in [5.74, 6) is 0. The largest absolute Gasteiger partial charge is 0.315 e. The van der Waals surface area contributed by atoms with Crippen LogP contribution in [-0.2, 0) is 0 Å². The van der Waals surface area contributed by atoms with Gasteiger partial charge in [0.2, 0.25) is 0 Å². The van der Waals surface area contributed by atoms with Gasteiger partial charge in [-0.3, -0.25) is 9.88 Å². The van der Waals surface area contributed by atoms with Gasteiger partial charge in [0.15, 0.2) is 0 Å². The van der Waals surface area contributed by atoms with E-state index in [1.165, 1.54) is 0 Å². The topological polar surface area (TPSA) is 52.0 Å². The van der Waals surface area contributed by atoms with Crippen LogP contribution in [0, 0.1) is 11.3 Å². The Kier molecular flexibility index (Phi) is 3.67. The van der Waals surface area contributed by atoms with E-state index < -0.39 is 0 Å². The number of hydrogen-bond donors (Lipinski definition) is 1. The molecule has 1 aliphatic heterocycles. The van der Waals surface area contributed by atoms with Crippen LogP contribution in [0.3, 0.4) is 0 Å². The minimum atomic E-state index is -0.114. The fourth-order valence-electron chi connectivity index (χ4n) is 1.81. The second-order valence-electron chi connectivity index (χ2n) is 3.57. The normalized spacial score (nSPS) is 20.5. The van der Waals surface area contributed by atoms with E-state index >= 15 is 0 Å². The molecule has 0 radical (unpaired) electrons. The summed E-state index contributed by atoms with van der Waals surface area (Å²) >= 11 is 1.56. The molecule has 1 atom stereocenters. The summed E-state index contributed by atoms with van der Waals surface area (Å²) in [7, 11) is 0. The summed E-state index contributed by atoms with van der Waals surface area (Å²) in [5.41, 5.74) is 1.79. The monoisotopic (exact) mass is 222 g/mol. The Labute approximate surface area is 93.5 Å². The second-order valence-corrected chi connectivity index (χ2v) is 4.49. The molecule has 1 aromatic heterocycles. The number of hydrogen-bond acceptors (Lipinski definition) is 5. The van der Waals surface area contributed by atoms with Gasteiger partial charge in [-0.1, -0.05) is 0 Å². The average molecular weight is 222 g/mol. The molecule has 15 heavy (non-hydrogen) atoms. The highest BCUT2D eigenvalue weighted by molar-refractivity contribution is 7.09. The Bertz CT molecular complexity index is 322. The second kappa shape index (κ2) is 5.21. The number of nitriles is 1. The Balaban J connectivity index is 2.09. The first kappa shape index (κ1) is 10.6. The van der Waals surface area contributed by atoms with Crippen molar-refractivity contribution in [1.29, 1.82) is 5.26 Å². The molecule has 1 N–H and O–H groups in total. The van der Waals surface area contributed by atoms with Crippen LogP contribution in [-0.4, -0.2) is 36.1 Å². The summed E-state index contributed by atoms with van der Waals surface area (Å²) in [6.45, 7) is 3.95. The molecule has 1 aromatic rings. The lowest BCUT2D eigenvalue weighted by Crippen LogP contribution is -2.31. The van der Waals surface area contributed by atoms with E-state index in [9.17, 15) is 5.26 Å². The maximum atomic E-state index is 9.21. The molecule has 0 amide bonds. The molecule has 5 heteroatoms. The highest BCUT2D eigenvalue weighted by atomic mass is 32.1. The van der Waals surface area contributed by atoms with Gasteiger partial charge in [-0.05, 0) is 13.0 Å². The SMILES string of the molecule is N#CC(c1cncs1)N1CCCNCC1. The molecular formula is C10H14N4S. The molecule has 1 aliphatic rings. The van der Waals surface area contributed by atoms with E-state index in [1.54, 1.807) is 23.0 Å². The molecule has 1 fully saturated rings. The van der Waals surface area contributed by atoms with Crippen molar-refractivity contribution in [2.45, 2.75) is 12.5 Å². The summed E-state index contributed by atoms with van der Waals surface area (Å²) in [4.78, 5) is 7.32. The fourth-order valence-corrected chi connectivity index (χ4v) is 2.51. The van der Waals surface area contributed by atoms with Crippen LogP contribution < -0.4 is 5.32 Å². The van der Waals surface area contributed by atoms with Crippen LogP contribution in [0.1, 0.15) is 17.3 Å². The van der Waals surface area contributed by atoms with E-state index in [0.29, 0.717) is 0 Å². The molecule has 0 aliphatic carbocycles. The van der Waals surface area contributed by atoms with Gasteiger partial charge in [0.1, 0.15) is 6.04 Å². The van der Waals surface area contributed by atoms with Crippen molar-refractivity contribution < 1.29 is 0 Å². The van der Waals surface area contributed by atoms with Gasteiger partial charge < -0.3 is 5.32 Å². The number of nitrogens with zero attached hydrogens (tertiary/aromatic N) is 3. The Morgan fingerprint density at radius 1 is 1.53 bits per heavy atom. The van der Waals surface area contributed by atoms with Crippen LogP contribution in [0.4, 0.5) is 0 Å². The lowest BCUT2D eigenvalue weighted by molar-refractivity contribution is 0.255. The zero-order valence-electron chi connectivity index (χ0n) is 8.52. The van der Waals surface area contributed by atoms with Gasteiger partial charge in [-0.15, -0.1) is 11.3 Å². The lowest BCUT2D eigenvalue weighted by Gasteiger charge is -2.23. The van der Waals surface area contributed by atoms with Crippen molar-refractivity contribution in [3.8, 4) is 6.07 Å². The molecule has 1 saturated heterocycles. The van der Waals surface area contributed by atoms with Gasteiger partial charge in [-0.2, -0.15) is 5.26 Å². The molecule has 1 unspecified atom stereocenters. The fraction of sp³-hybridized carbons (Fsp3) is 0.600. The first-order chi connectivity index (χ1) is 7.42. The van der Waals surface area contributed by atoms with E-state index in [0.717, 1.165) is 37.5 Å². The van der Waals surface area contributed by atoms with Crippen molar-refractivity contribution in [3.05, 3.63) is 16.6 Å². The van der Waals surface area contributed by atoms with Gasteiger partial charge >= 0.3 is 0 Å². The standard InChI is InChI=1S/C10H14N4S/c11-6-9(10-7-13-8-15-10)14-4-1-2-12-3-5-14/h7-9,12H,1-5H2. The first-order valence-electron chi connectivity index (χ1n) is 5.14. The van der Waals surface area contributed by atoms with E-state index in [2.05, 4.69) is 21.3 Å². The van der Waals surface area contributed by atoms with Crippen molar-refractivity contribution in [2.75, 3.05) is 26.2 Å². The average Bonchev–Trinajstić information content (AvgIpc) is 2.63. The third-order valence-corrected chi connectivity index (χ3v) is 3.41. The van der Waals surface area contributed by atoms with Gasteiger partial charge in [0, 0.05) is 25.8 Å². The Morgan fingerprint density at radius 3 is 3.20 bits per heavy atom. The highest BCUT2D eigenvalue weighted by Gasteiger charge is 2.21. The lowest BCUT2D eigenvalue weighted by atomic mass is 10.2. The maximum Gasteiger partial charge on any atom is 0.134 e. The van der Waals surface area contributed by atoms with Gasteiger partial charge in [0.25, 0.3) is 0 Å². The van der Waals surface area contributed by atoms with Gasteiger partial charge in [0.05, 0.1) is 16.5 Å². The molecule has 0 spiro atoms. The molecule has 4 nitrogen and oxygen atoms in total. The summed E-state index contributed by atoms with van der Waals surface area (Å²) in [6.07, 6.45) is 2.91. The Morgan fingerprint density at radius 2 is 2.47 bits per heavy atom. The number of aromatic nitrogens is 1. The van der Waals surface area contributed by atoms with Crippen LogP contribution >= 0.6 is 11.3 Å². The quantitative estimate of drug-likeness (QED) is 0.811. The van der Waals surface area contributed by atoms with Crippen LogP contribution in [0.15, 0.2) is 11.7 Å². The maximum absolute atomic E-state index is 9.21. The highest BCUT2D eigenvalue weighted by Crippen LogP contribution is 2.23. The smallest absolute Gasteiger partial charge is 0.134 e. The minimum absolute atomic E-state index is 0.114. The van der Waals surface area contributed by atoms with Crippen LogP contribution in [0.5, 0.6) is 0 Å². The van der Waals surface area contributed by atoms with Crippen LogP contribution in [0.25, 0.3) is 0 Å². The molecule has 80 valence electrons. The summed E-state index contributed by atoms with van der Waals surface area (Å²) < 4.78 is 0.